The first-order chi connectivity index (χ1) is 9.15. The molecule has 7 heteroatoms. The summed E-state index contributed by atoms with van der Waals surface area (Å²) in [4.78, 5) is 13.2. The molecule has 1 heterocycles. The van der Waals surface area contributed by atoms with E-state index in [0.717, 1.165) is 22.9 Å². The van der Waals surface area contributed by atoms with Crippen LogP contribution in [0.5, 0.6) is 0 Å². The number of hydrogen-bond acceptors (Lipinski definition) is 7. The van der Waals surface area contributed by atoms with E-state index in [1.165, 1.54) is 23.1 Å². The highest BCUT2D eigenvalue weighted by Gasteiger charge is 2.21. The van der Waals surface area contributed by atoms with E-state index in [1.807, 2.05) is 6.26 Å². The highest BCUT2D eigenvalue weighted by atomic mass is 32.2. The maximum atomic E-state index is 11.8. The van der Waals surface area contributed by atoms with Crippen molar-refractivity contribution in [3.63, 3.8) is 0 Å². The minimum Gasteiger partial charge on any atom is -0.462 e. The number of carbonyl (C=O) groups excluding carboxylic acids is 1. The smallest absolute Gasteiger partial charge is 0.350 e. The minimum atomic E-state index is -0.356. The number of nitrogens with one attached hydrogen (secondary N) is 1. The number of methoxy groups -OCH3 is 1. The molecule has 0 bridgehead atoms. The number of rotatable bonds is 8. The molecule has 0 radical (unpaired) electrons. The lowest BCUT2D eigenvalue weighted by Crippen LogP contribution is -2.05. The average Bonchev–Trinajstić information content (AvgIpc) is 2.71. The van der Waals surface area contributed by atoms with Gasteiger partial charge in [-0.3, -0.25) is 0 Å². The monoisotopic (exact) mass is 304 g/mol. The second kappa shape index (κ2) is 8.29. The number of thioether (sulfide) groups is 1. The van der Waals surface area contributed by atoms with Crippen molar-refractivity contribution in [1.82, 2.24) is 0 Å². The van der Waals surface area contributed by atoms with Gasteiger partial charge in [-0.2, -0.15) is 0 Å². The van der Waals surface area contributed by atoms with Crippen LogP contribution in [-0.2, 0) is 9.47 Å². The van der Waals surface area contributed by atoms with Crippen LogP contribution in [0.3, 0.4) is 0 Å². The predicted octanol–water partition coefficient (Wildman–Crippen LogP) is 2.68. The van der Waals surface area contributed by atoms with Gasteiger partial charge in [-0.15, -0.1) is 23.1 Å². The lowest BCUT2D eigenvalue weighted by atomic mass is 10.4. The number of carbonyl (C=O) groups is 1. The Labute approximate surface area is 121 Å². The molecule has 0 saturated carbocycles. The topological polar surface area (TPSA) is 73.6 Å². The van der Waals surface area contributed by atoms with Gasteiger partial charge in [-0.1, -0.05) is 0 Å². The molecule has 5 nitrogen and oxygen atoms in total. The highest BCUT2D eigenvalue weighted by Crippen LogP contribution is 2.41. The Balaban J connectivity index is 2.80. The molecule has 1 aromatic rings. The molecule has 0 aliphatic rings. The Kier molecular flexibility index (Phi) is 7.04. The molecule has 0 amide bonds. The first-order valence-corrected chi connectivity index (χ1v) is 8.06. The summed E-state index contributed by atoms with van der Waals surface area (Å²) in [6.45, 7) is 3.61. The van der Waals surface area contributed by atoms with E-state index in [1.54, 1.807) is 14.0 Å². The molecule has 3 N–H and O–H groups in total. The van der Waals surface area contributed by atoms with Crippen LogP contribution in [0.4, 0.5) is 10.7 Å². The number of thiophene rings is 1. The van der Waals surface area contributed by atoms with Gasteiger partial charge in [0.2, 0.25) is 0 Å². The van der Waals surface area contributed by atoms with Crippen LogP contribution in [0.2, 0.25) is 0 Å². The Hall–Kier alpha value is -0.920. The summed E-state index contributed by atoms with van der Waals surface area (Å²) in [6, 6.07) is 0. The molecule has 19 heavy (non-hydrogen) atoms. The summed E-state index contributed by atoms with van der Waals surface area (Å²) >= 11 is 2.87. The van der Waals surface area contributed by atoms with Crippen molar-refractivity contribution in [2.75, 3.05) is 44.2 Å². The van der Waals surface area contributed by atoms with Crippen molar-refractivity contribution in [3.8, 4) is 0 Å². The molecule has 0 unspecified atom stereocenters. The fourth-order valence-corrected chi connectivity index (χ4v) is 3.47. The molecule has 0 spiro atoms. The van der Waals surface area contributed by atoms with Gasteiger partial charge in [0.05, 0.1) is 17.2 Å². The highest BCUT2D eigenvalue weighted by molar-refractivity contribution is 7.99. The van der Waals surface area contributed by atoms with Crippen LogP contribution in [-0.4, -0.2) is 39.1 Å². The van der Waals surface area contributed by atoms with Gasteiger partial charge in [-0.05, 0) is 19.6 Å². The van der Waals surface area contributed by atoms with Gasteiger partial charge in [0, 0.05) is 20.3 Å². The summed E-state index contributed by atoms with van der Waals surface area (Å²) in [5, 5.41) is 4.21. The molecule has 0 saturated heterocycles. The van der Waals surface area contributed by atoms with Crippen LogP contribution < -0.4 is 11.1 Å². The number of anilines is 2. The Morgan fingerprint density at radius 3 is 2.84 bits per heavy atom. The summed E-state index contributed by atoms with van der Waals surface area (Å²) in [5.74, 6) is -0.356. The molecule has 0 fully saturated rings. The van der Waals surface area contributed by atoms with E-state index in [9.17, 15) is 4.79 Å². The third kappa shape index (κ3) is 4.29. The van der Waals surface area contributed by atoms with Crippen molar-refractivity contribution < 1.29 is 14.3 Å². The zero-order valence-electron chi connectivity index (χ0n) is 11.4. The standard InChI is InChI=1S/C12H20N2O3S2/c1-4-17-12(15)10-8(13)9(18-3)11(19-10)14-6-5-7-16-2/h14H,4-7,13H2,1-3H3. The van der Waals surface area contributed by atoms with E-state index in [2.05, 4.69) is 5.32 Å². The van der Waals surface area contributed by atoms with Crippen LogP contribution >= 0.6 is 23.1 Å². The molecule has 0 atom stereocenters. The first kappa shape index (κ1) is 16.1. The van der Waals surface area contributed by atoms with Gasteiger partial charge in [0.25, 0.3) is 0 Å². The largest absolute Gasteiger partial charge is 0.462 e. The zero-order chi connectivity index (χ0) is 14.3. The number of hydrogen-bond donors (Lipinski definition) is 2. The molecular formula is C12H20N2O3S2. The summed E-state index contributed by atoms with van der Waals surface area (Å²) in [7, 11) is 1.68. The summed E-state index contributed by atoms with van der Waals surface area (Å²) in [6.07, 6.45) is 2.84. The third-order valence-corrected chi connectivity index (χ3v) is 4.48. The van der Waals surface area contributed by atoms with Gasteiger partial charge in [0.1, 0.15) is 9.88 Å². The van der Waals surface area contributed by atoms with Gasteiger partial charge >= 0.3 is 5.97 Å². The quantitative estimate of drug-likeness (QED) is 0.437. The van der Waals surface area contributed by atoms with Crippen LogP contribution in [0.25, 0.3) is 0 Å². The molecule has 0 aliphatic heterocycles. The van der Waals surface area contributed by atoms with Crippen molar-refractivity contribution in [2.24, 2.45) is 0 Å². The lowest BCUT2D eigenvalue weighted by Gasteiger charge is -2.05. The lowest BCUT2D eigenvalue weighted by molar-refractivity contribution is 0.0533. The van der Waals surface area contributed by atoms with E-state index in [4.69, 9.17) is 15.2 Å². The fraction of sp³-hybridized carbons (Fsp3) is 0.583. The van der Waals surface area contributed by atoms with Crippen LogP contribution in [0.1, 0.15) is 23.0 Å². The molecule has 0 aromatic carbocycles. The van der Waals surface area contributed by atoms with E-state index in [-0.39, 0.29) is 5.97 Å². The van der Waals surface area contributed by atoms with E-state index in [0.29, 0.717) is 23.8 Å². The van der Waals surface area contributed by atoms with Crippen LogP contribution in [0, 0.1) is 0 Å². The van der Waals surface area contributed by atoms with Crippen molar-refractivity contribution in [1.29, 1.82) is 0 Å². The first-order valence-electron chi connectivity index (χ1n) is 6.01. The predicted molar refractivity (Wildman–Crippen MR) is 81.5 cm³/mol. The number of nitrogen functional groups attached to an aromatic ring is 1. The summed E-state index contributed by atoms with van der Waals surface area (Å²) in [5.41, 5.74) is 6.51. The molecule has 1 aromatic heterocycles. The normalized spacial score (nSPS) is 10.5. The van der Waals surface area contributed by atoms with Crippen molar-refractivity contribution >= 4 is 39.8 Å². The van der Waals surface area contributed by atoms with Gasteiger partial charge in [0.15, 0.2) is 0 Å². The van der Waals surface area contributed by atoms with Crippen molar-refractivity contribution in [3.05, 3.63) is 4.88 Å². The second-order valence-electron chi connectivity index (χ2n) is 3.70. The zero-order valence-corrected chi connectivity index (χ0v) is 13.1. The number of nitrogens with two attached hydrogens (primary N) is 1. The molecular weight excluding hydrogens is 284 g/mol. The van der Waals surface area contributed by atoms with Crippen molar-refractivity contribution in [2.45, 2.75) is 18.2 Å². The summed E-state index contributed by atoms with van der Waals surface area (Å²) < 4.78 is 9.99. The Bertz CT molecular complexity index is 421. The van der Waals surface area contributed by atoms with E-state index >= 15 is 0 Å². The maximum Gasteiger partial charge on any atom is 0.350 e. The molecule has 1 rings (SSSR count). The Morgan fingerprint density at radius 1 is 1.53 bits per heavy atom. The maximum absolute atomic E-state index is 11.8. The minimum absolute atomic E-state index is 0.349. The second-order valence-corrected chi connectivity index (χ2v) is 5.54. The molecule has 0 aliphatic carbocycles. The van der Waals surface area contributed by atoms with Gasteiger partial charge < -0.3 is 20.5 Å². The third-order valence-electron chi connectivity index (χ3n) is 2.38. The SMILES string of the molecule is CCOC(=O)c1sc(NCCCOC)c(SC)c1N. The average molecular weight is 304 g/mol. The van der Waals surface area contributed by atoms with Gasteiger partial charge in [-0.25, -0.2) is 4.79 Å². The Morgan fingerprint density at radius 2 is 2.26 bits per heavy atom. The number of esters is 1. The van der Waals surface area contributed by atoms with E-state index < -0.39 is 0 Å². The fourth-order valence-electron chi connectivity index (χ4n) is 1.51. The van der Waals surface area contributed by atoms with Crippen LogP contribution in [0.15, 0.2) is 4.90 Å². The number of ether oxygens (including phenoxy) is 2. The molecule has 108 valence electrons.